The molecule has 0 unspecified atom stereocenters. The zero-order valence-electron chi connectivity index (χ0n) is 22.0. The maximum absolute atomic E-state index is 14.9. The Balaban J connectivity index is 1.89. The molecule has 0 atom stereocenters. The van der Waals surface area contributed by atoms with E-state index in [4.69, 9.17) is 4.42 Å². The zero-order chi connectivity index (χ0) is 29.8. The van der Waals surface area contributed by atoms with Crippen LogP contribution in [0.25, 0.3) is 54.7 Å². The summed E-state index contributed by atoms with van der Waals surface area (Å²) in [5.74, 6) is -1.37. The van der Waals surface area contributed by atoms with E-state index in [9.17, 15) is 35.1 Å². The van der Waals surface area contributed by atoms with Crippen LogP contribution in [0.5, 0.6) is 0 Å². The molecule has 0 saturated carbocycles. The summed E-state index contributed by atoms with van der Waals surface area (Å²) in [6, 6.07) is 8.52. The van der Waals surface area contributed by atoms with Crippen LogP contribution in [-0.4, -0.2) is 0 Å². The number of furan rings is 1. The largest absolute Gasteiger partial charge is 0.455 e. The van der Waals surface area contributed by atoms with Crippen molar-refractivity contribution in [2.75, 3.05) is 0 Å². The molecule has 0 amide bonds. The summed E-state index contributed by atoms with van der Waals surface area (Å²) in [6.07, 6.45) is -8.92. The SMILES string of the molecule is Cc1cc(F)c2ccc3c(-c4c(C)c(C(F)(F)F)cc5c4oc4cc(C)c(F)cc45)[n+](C)cc(C(F)(F)F)c3c2c1. The smallest absolute Gasteiger partial charge is 0.422 e. The third-order valence-corrected chi connectivity index (χ3v) is 7.58. The van der Waals surface area contributed by atoms with Crippen LogP contribution in [0.3, 0.4) is 0 Å². The maximum Gasteiger partial charge on any atom is 0.422 e. The third-order valence-electron chi connectivity index (χ3n) is 7.58. The number of benzene rings is 4. The molecule has 6 rings (SSSR count). The molecule has 0 aliphatic rings. The van der Waals surface area contributed by atoms with Gasteiger partial charge in [0, 0.05) is 21.5 Å². The van der Waals surface area contributed by atoms with Gasteiger partial charge in [0.05, 0.1) is 16.5 Å². The molecule has 0 radical (unpaired) electrons. The van der Waals surface area contributed by atoms with Crippen LogP contribution in [0, 0.1) is 32.4 Å². The molecule has 0 saturated heterocycles. The van der Waals surface area contributed by atoms with E-state index in [0.717, 1.165) is 22.9 Å². The van der Waals surface area contributed by atoms with Crippen LogP contribution in [0.1, 0.15) is 27.8 Å². The summed E-state index contributed by atoms with van der Waals surface area (Å²) in [7, 11) is 1.29. The number of rotatable bonds is 1. The average Bonchev–Trinajstić information content (AvgIpc) is 3.19. The fourth-order valence-electron chi connectivity index (χ4n) is 5.75. The minimum atomic E-state index is -4.87. The van der Waals surface area contributed by atoms with Crippen LogP contribution in [0.4, 0.5) is 35.1 Å². The van der Waals surface area contributed by atoms with Crippen LogP contribution in [0.15, 0.2) is 53.1 Å². The second-order valence-electron chi connectivity index (χ2n) is 10.3. The lowest BCUT2D eigenvalue weighted by molar-refractivity contribution is -0.660. The second-order valence-corrected chi connectivity index (χ2v) is 10.3. The number of alkyl halides is 6. The highest BCUT2D eigenvalue weighted by Crippen LogP contribution is 2.47. The summed E-state index contributed by atoms with van der Waals surface area (Å²) in [5.41, 5.74) is -1.83. The molecule has 0 bridgehead atoms. The predicted molar refractivity (Wildman–Crippen MR) is 139 cm³/mol. The van der Waals surface area contributed by atoms with E-state index in [-0.39, 0.29) is 65.9 Å². The molecule has 10 heteroatoms. The molecule has 0 aliphatic heterocycles. The zero-order valence-corrected chi connectivity index (χ0v) is 22.0. The van der Waals surface area contributed by atoms with E-state index < -0.39 is 35.1 Å². The predicted octanol–water partition coefficient (Wildman–Crippen LogP) is 9.62. The highest BCUT2D eigenvalue weighted by Gasteiger charge is 2.41. The Kier molecular flexibility index (Phi) is 5.69. The quantitative estimate of drug-likeness (QED) is 0.109. The highest BCUT2D eigenvalue weighted by molar-refractivity contribution is 6.16. The summed E-state index contributed by atoms with van der Waals surface area (Å²) in [6.45, 7) is 4.23. The molecule has 41 heavy (non-hydrogen) atoms. The summed E-state index contributed by atoms with van der Waals surface area (Å²) >= 11 is 0. The Labute approximate surface area is 227 Å². The van der Waals surface area contributed by atoms with E-state index in [2.05, 4.69) is 0 Å². The number of hydrogen-bond acceptors (Lipinski definition) is 1. The summed E-state index contributed by atoms with van der Waals surface area (Å²) < 4.78 is 123. The van der Waals surface area contributed by atoms with Gasteiger partial charge < -0.3 is 4.42 Å². The van der Waals surface area contributed by atoms with Crippen molar-refractivity contribution >= 4 is 43.5 Å². The van der Waals surface area contributed by atoms with Crippen molar-refractivity contribution < 1.29 is 44.1 Å². The third kappa shape index (κ3) is 4.02. The first-order valence-electron chi connectivity index (χ1n) is 12.4. The van der Waals surface area contributed by atoms with Crippen LogP contribution < -0.4 is 4.57 Å². The first-order chi connectivity index (χ1) is 19.1. The summed E-state index contributed by atoms with van der Waals surface area (Å²) in [4.78, 5) is 0. The lowest BCUT2D eigenvalue weighted by atomic mass is 9.90. The second kappa shape index (κ2) is 8.64. The Morgan fingerprint density at radius 2 is 1.34 bits per heavy atom. The molecule has 2 heterocycles. The Bertz CT molecular complexity index is 2080. The average molecular weight is 574 g/mol. The molecule has 0 N–H and O–H groups in total. The number of aryl methyl sites for hydroxylation is 3. The van der Waals surface area contributed by atoms with Gasteiger partial charge in [-0.25, -0.2) is 8.78 Å². The van der Waals surface area contributed by atoms with Gasteiger partial charge in [-0.15, -0.1) is 0 Å². The minimum Gasteiger partial charge on any atom is -0.455 e. The van der Waals surface area contributed by atoms with Crippen LogP contribution in [-0.2, 0) is 19.4 Å². The number of halogens is 8. The normalized spacial score (nSPS) is 12.9. The van der Waals surface area contributed by atoms with E-state index >= 15 is 0 Å². The molecule has 0 aliphatic carbocycles. The molecule has 210 valence electrons. The van der Waals surface area contributed by atoms with Gasteiger partial charge in [0.15, 0.2) is 6.20 Å². The van der Waals surface area contributed by atoms with Gasteiger partial charge in [-0.1, -0.05) is 12.1 Å². The molecule has 4 aromatic carbocycles. The topological polar surface area (TPSA) is 17.0 Å². The van der Waals surface area contributed by atoms with Gasteiger partial charge in [-0.2, -0.15) is 30.9 Å². The number of aromatic nitrogens is 1. The Morgan fingerprint density at radius 1 is 0.683 bits per heavy atom. The number of hydrogen-bond donors (Lipinski definition) is 0. The van der Waals surface area contributed by atoms with E-state index in [1.54, 1.807) is 0 Å². The van der Waals surface area contributed by atoms with Crippen LogP contribution in [0.2, 0.25) is 0 Å². The van der Waals surface area contributed by atoms with E-state index in [0.29, 0.717) is 5.56 Å². The van der Waals surface area contributed by atoms with Crippen molar-refractivity contribution in [1.82, 2.24) is 0 Å². The van der Waals surface area contributed by atoms with Gasteiger partial charge in [-0.3, -0.25) is 0 Å². The van der Waals surface area contributed by atoms with Gasteiger partial charge in [0.1, 0.15) is 35.4 Å². The molecule has 2 aromatic heterocycles. The summed E-state index contributed by atoms with van der Waals surface area (Å²) in [5, 5.41) is -0.439. The molecule has 0 spiro atoms. The van der Waals surface area contributed by atoms with Crippen molar-refractivity contribution in [1.29, 1.82) is 0 Å². The molecular weight excluding hydrogens is 554 g/mol. The highest BCUT2D eigenvalue weighted by atomic mass is 19.4. The van der Waals surface area contributed by atoms with Crippen molar-refractivity contribution in [3.05, 3.63) is 88.1 Å². The maximum atomic E-state index is 14.9. The van der Waals surface area contributed by atoms with Gasteiger partial charge in [0.25, 0.3) is 0 Å². The Hall–Kier alpha value is -4.21. The van der Waals surface area contributed by atoms with Crippen molar-refractivity contribution in [2.45, 2.75) is 33.1 Å². The molecular formula is C31H20F8NO+. The number of pyridine rings is 1. The molecule has 0 fully saturated rings. The van der Waals surface area contributed by atoms with Crippen LogP contribution >= 0.6 is 0 Å². The fraction of sp³-hybridized carbons (Fsp3) is 0.194. The number of fused-ring (bicyclic) bond motifs is 6. The molecule has 2 nitrogen and oxygen atoms in total. The van der Waals surface area contributed by atoms with E-state index in [1.807, 2.05) is 0 Å². The first kappa shape index (κ1) is 27.0. The van der Waals surface area contributed by atoms with Crippen molar-refractivity contribution in [3.63, 3.8) is 0 Å². The van der Waals surface area contributed by atoms with Crippen molar-refractivity contribution in [2.24, 2.45) is 7.05 Å². The van der Waals surface area contributed by atoms with Gasteiger partial charge >= 0.3 is 12.4 Å². The van der Waals surface area contributed by atoms with Crippen molar-refractivity contribution in [3.8, 4) is 11.3 Å². The fourth-order valence-corrected chi connectivity index (χ4v) is 5.75. The van der Waals surface area contributed by atoms with Gasteiger partial charge in [0.2, 0.25) is 5.69 Å². The molecule has 6 aromatic rings. The minimum absolute atomic E-state index is 0.00154. The number of nitrogens with zero attached hydrogens (tertiary/aromatic N) is 1. The lowest BCUT2D eigenvalue weighted by Gasteiger charge is -2.18. The monoisotopic (exact) mass is 574 g/mol. The first-order valence-corrected chi connectivity index (χ1v) is 12.4. The van der Waals surface area contributed by atoms with Gasteiger partial charge in [-0.05, 0) is 73.2 Å². The lowest BCUT2D eigenvalue weighted by Crippen LogP contribution is -2.33. The van der Waals surface area contributed by atoms with E-state index in [1.165, 1.54) is 58.2 Å². The standard InChI is InChI=1S/C31H20F8NO/c1-13-7-19-16(24(33)8-13)5-6-17-27(19)22(31(37,38)39)12-40(4)28(17)26-15(3)21(30(34,35)36)10-20-18-11-23(32)14(2)9-25(18)41-29(20)26/h5-12H,1-4H3/q+1. The Morgan fingerprint density at radius 3 is 2.00 bits per heavy atom.